The van der Waals surface area contributed by atoms with E-state index in [1.54, 1.807) is 11.7 Å². The van der Waals surface area contributed by atoms with Crippen LogP contribution in [0.1, 0.15) is 46.2 Å². The second-order valence-corrected chi connectivity index (χ2v) is 5.09. The Balaban J connectivity index is 3.08. The van der Waals surface area contributed by atoms with E-state index in [2.05, 4.69) is 24.3 Å². The van der Waals surface area contributed by atoms with Gasteiger partial charge in [0.25, 0.3) is 0 Å². The third-order valence-electron chi connectivity index (χ3n) is 3.62. The fourth-order valence-electron chi connectivity index (χ4n) is 2.04. The highest BCUT2D eigenvalue weighted by Gasteiger charge is 2.27. The largest absolute Gasteiger partial charge is 0.362 e. The smallest absolute Gasteiger partial charge is 0.333 e. The minimum Gasteiger partial charge on any atom is -0.362 e. The van der Waals surface area contributed by atoms with Gasteiger partial charge in [-0.1, -0.05) is 33.6 Å². The fourth-order valence-corrected chi connectivity index (χ4v) is 2.04. The molecule has 2 unspecified atom stereocenters. The van der Waals surface area contributed by atoms with Crippen molar-refractivity contribution in [2.45, 2.75) is 53.0 Å². The summed E-state index contributed by atoms with van der Waals surface area (Å²) >= 11 is 0. The Kier molecular flexibility index (Phi) is 5.32. The summed E-state index contributed by atoms with van der Waals surface area (Å²) in [5, 5.41) is 18.8. The molecular weight excluding hydrogens is 244 g/mol. The quantitative estimate of drug-likeness (QED) is 0.609. The molecule has 108 valence electrons. The lowest BCUT2D eigenvalue weighted by molar-refractivity contribution is -0.384. The second-order valence-electron chi connectivity index (χ2n) is 5.09. The van der Waals surface area contributed by atoms with E-state index in [1.807, 2.05) is 13.8 Å². The van der Waals surface area contributed by atoms with Crippen LogP contribution in [0.25, 0.3) is 0 Å². The molecule has 0 radical (unpaired) electrons. The molecule has 0 aliphatic carbocycles. The predicted molar refractivity (Wildman–Crippen MR) is 76.4 cm³/mol. The van der Waals surface area contributed by atoms with Crippen molar-refractivity contribution in [1.29, 1.82) is 0 Å². The van der Waals surface area contributed by atoms with E-state index in [0.29, 0.717) is 23.9 Å². The lowest BCUT2D eigenvalue weighted by atomic mass is 10.0. The monoisotopic (exact) mass is 268 g/mol. The molecule has 6 heteroatoms. The molecule has 0 aliphatic heterocycles. The minimum absolute atomic E-state index is 0.125. The van der Waals surface area contributed by atoms with Crippen LogP contribution in [0.5, 0.6) is 0 Å². The zero-order chi connectivity index (χ0) is 14.6. The van der Waals surface area contributed by atoms with Gasteiger partial charge in [-0.2, -0.15) is 5.10 Å². The van der Waals surface area contributed by atoms with Crippen molar-refractivity contribution in [3.63, 3.8) is 0 Å². The molecule has 0 amide bonds. The van der Waals surface area contributed by atoms with Gasteiger partial charge in [0.1, 0.15) is 5.69 Å². The van der Waals surface area contributed by atoms with E-state index in [1.165, 1.54) is 0 Å². The van der Waals surface area contributed by atoms with Gasteiger partial charge < -0.3 is 5.32 Å². The van der Waals surface area contributed by atoms with Crippen LogP contribution in [0, 0.1) is 16.0 Å². The second kappa shape index (κ2) is 6.54. The van der Waals surface area contributed by atoms with E-state index < -0.39 is 0 Å². The molecule has 1 aromatic rings. The van der Waals surface area contributed by atoms with Gasteiger partial charge in [-0.3, -0.25) is 10.1 Å². The van der Waals surface area contributed by atoms with Gasteiger partial charge >= 0.3 is 5.69 Å². The van der Waals surface area contributed by atoms with Crippen LogP contribution in [0.15, 0.2) is 0 Å². The van der Waals surface area contributed by atoms with Gasteiger partial charge in [0.05, 0.1) is 4.92 Å². The molecule has 6 nitrogen and oxygen atoms in total. The van der Waals surface area contributed by atoms with Crippen LogP contribution in [-0.2, 0) is 13.5 Å². The van der Waals surface area contributed by atoms with Gasteiger partial charge in [-0.25, -0.2) is 4.68 Å². The van der Waals surface area contributed by atoms with Crippen LogP contribution < -0.4 is 5.32 Å². The highest BCUT2D eigenvalue weighted by Crippen LogP contribution is 2.30. The summed E-state index contributed by atoms with van der Waals surface area (Å²) in [5.74, 6) is 0.963. The Morgan fingerprint density at radius 1 is 1.42 bits per heavy atom. The van der Waals surface area contributed by atoms with E-state index in [-0.39, 0.29) is 16.7 Å². The molecular formula is C13H24N4O2. The van der Waals surface area contributed by atoms with Gasteiger partial charge in [0.15, 0.2) is 0 Å². The first-order valence-electron chi connectivity index (χ1n) is 6.89. The van der Waals surface area contributed by atoms with Crippen LogP contribution in [0.3, 0.4) is 0 Å². The maximum atomic E-state index is 11.3. The molecule has 0 saturated heterocycles. The van der Waals surface area contributed by atoms with Crippen molar-refractivity contribution >= 4 is 11.5 Å². The van der Waals surface area contributed by atoms with Crippen LogP contribution in [0.4, 0.5) is 11.5 Å². The van der Waals surface area contributed by atoms with Crippen molar-refractivity contribution < 1.29 is 4.92 Å². The molecule has 0 spiro atoms. The van der Waals surface area contributed by atoms with Crippen molar-refractivity contribution in [1.82, 2.24) is 9.78 Å². The number of hydrogen-bond acceptors (Lipinski definition) is 4. The summed E-state index contributed by atoms with van der Waals surface area (Å²) in [4.78, 5) is 10.9. The zero-order valence-electron chi connectivity index (χ0n) is 12.4. The summed E-state index contributed by atoms with van der Waals surface area (Å²) in [5.41, 5.74) is 0.688. The Morgan fingerprint density at radius 2 is 2.05 bits per heavy atom. The molecule has 0 aromatic carbocycles. The molecule has 19 heavy (non-hydrogen) atoms. The van der Waals surface area contributed by atoms with E-state index >= 15 is 0 Å². The average Bonchev–Trinajstić information content (AvgIpc) is 2.65. The Morgan fingerprint density at radius 3 is 2.53 bits per heavy atom. The normalized spacial score (nSPS) is 14.2. The lowest BCUT2D eigenvalue weighted by Crippen LogP contribution is -2.25. The van der Waals surface area contributed by atoms with Gasteiger partial charge in [-0.15, -0.1) is 0 Å². The van der Waals surface area contributed by atoms with E-state index in [0.717, 1.165) is 12.8 Å². The Hall–Kier alpha value is -1.59. The first-order chi connectivity index (χ1) is 8.92. The van der Waals surface area contributed by atoms with E-state index in [9.17, 15) is 10.1 Å². The summed E-state index contributed by atoms with van der Waals surface area (Å²) in [6.07, 6.45) is 2.50. The van der Waals surface area contributed by atoms with Gasteiger partial charge in [0.2, 0.25) is 5.82 Å². The first-order valence-corrected chi connectivity index (χ1v) is 6.89. The maximum absolute atomic E-state index is 11.3. The molecule has 1 aromatic heterocycles. The number of aromatic nitrogens is 2. The molecule has 1 rings (SSSR count). The van der Waals surface area contributed by atoms with E-state index in [4.69, 9.17) is 0 Å². The molecule has 0 bridgehead atoms. The third-order valence-corrected chi connectivity index (χ3v) is 3.62. The van der Waals surface area contributed by atoms with Crippen LogP contribution >= 0.6 is 0 Å². The Bertz CT molecular complexity index is 442. The molecule has 0 saturated carbocycles. The molecule has 1 heterocycles. The van der Waals surface area contributed by atoms with Crippen LogP contribution in [0.2, 0.25) is 0 Å². The molecule has 2 atom stereocenters. The number of anilines is 1. The zero-order valence-corrected chi connectivity index (χ0v) is 12.4. The Labute approximate surface area is 114 Å². The topological polar surface area (TPSA) is 73.0 Å². The lowest BCUT2D eigenvalue weighted by Gasteiger charge is -2.20. The summed E-state index contributed by atoms with van der Waals surface area (Å²) in [6.45, 7) is 8.29. The minimum atomic E-state index is -0.330. The highest BCUT2D eigenvalue weighted by atomic mass is 16.6. The standard InChI is InChI=1S/C13H24N4O2/c1-6-8-11-12(17(18)19)13(16(5)15-11)14-10(4)9(3)7-2/h9-10,14H,6-8H2,1-5H3. The van der Waals surface area contributed by atoms with Gasteiger partial charge in [0, 0.05) is 13.1 Å². The van der Waals surface area contributed by atoms with Crippen LogP contribution in [-0.4, -0.2) is 20.7 Å². The predicted octanol–water partition coefficient (Wildman–Crippen LogP) is 3.13. The number of aryl methyl sites for hydroxylation is 2. The van der Waals surface area contributed by atoms with Crippen molar-refractivity contribution in [3.05, 3.63) is 15.8 Å². The molecule has 0 aliphatic rings. The third kappa shape index (κ3) is 3.45. The fraction of sp³-hybridized carbons (Fsp3) is 0.769. The highest BCUT2D eigenvalue weighted by molar-refractivity contribution is 5.60. The summed E-state index contributed by atoms with van der Waals surface area (Å²) < 4.78 is 1.59. The summed E-state index contributed by atoms with van der Waals surface area (Å²) in [7, 11) is 1.75. The number of nitrogens with zero attached hydrogens (tertiary/aromatic N) is 3. The maximum Gasteiger partial charge on any atom is 0.333 e. The van der Waals surface area contributed by atoms with Crippen molar-refractivity contribution in [3.8, 4) is 0 Å². The molecule has 1 N–H and O–H groups in total. The number of nitro groups is 1. The molecule has 0 fully saturated rings. The van der Waals surface area contributed by atoms with Crippen molar-refractivity contribution in [2.75, 3.05) is 5.32 Å². The average molecular weight is 268 g/mol. The van der Waals surface area contributed by atoms with Gasteiger partial charge in [-0.05, 0) is 19.3 Å². The number of hydrogen-bond donors (Lipinski definition) is 1. The summed E-state index contributed by atoms with van der Waals surface area (Å²) in [6, 6.07) is 0.175. The first kappa shape index (κ1) is 15.5. The number of rotatable bonds is 7. The number of nitrogens with one attached hydrogen (secondary N) is 1. The van der Waals surface area contributed by atoms with Crippen molar-refractivity contribution in [2.24, 2.45) is 13.0 Å². The SMILES string of the molecule is CCCc1nn(C)c(NC(C)C(C)CC)c1[N+](=O)[O-].